The van der Waals surface area contributed by atoms with Crippen LogP contribution >= 0.6 is 23.2 Å². The van der Waals surface area contributed by atoms with Gasteiger partial charge in [0.1, 0.15) is 5.75 Å². The summed E-state index contributed by atoms with van der Waals surface area (Å²) in [6, 6.07) is 20.9. The summed E-state index contributed by atoms with van der Waals surface area (Å²) in [7, 11) is 0. The topological polar surface area (TPSA) is 55.0 Å². The van der Waals surface area contributed by atoms with Gasteiger partial charge < -0.3 is 14.9 Å². The molecule has 1 N–H and O–H groups in total. The maximum absolute atomic E-state index is 13.6. The third kappa shape index (κ3) is 4.84. The van der Waals surface area contributed by atoms with E-state index in [1.807, 2.05) is 42.5 Å². The summed E-state index contributed by atoms with van der Waals surface area (Å²) in [5.41, 5.74) is 2.70. The van der Waals surface area contributed by atoms with Gasteiger partial charge in [-0.05, 0) is 55.8 Å². The molecule has 1 aliphatic heterocycles. The molecule has 0 aromatic heterocycles. The van der Waals surface area contributed by atoms with E-state index in [0.29, 0.717) is 49.8 Å². The molecule has 170 valence electrons. The van der Waals surface area contributed by atoms with Crippen molar-refractivity contribution in [1.82, 2.24) is 0 Å². The number of hydrogen-bond acceptors (Lipinski definition) is 3. The summed E-state index contributed by atoms with van der Waals surface area (Å²) >= 11 is 12.6. The molecule has 0 fully saturated rings. The molecule has 0 bridgehead atoms. The summed E-state index contributed by atoms with van der Waals surface area (Å²) in [6.07, 6.45) is 0. The monoisotopic (exact) mass is 489 g/mol. The number of anilines is 1. The van der Waals surface area contributed by atoms with Crippen LogP contribution in [0.4, 0.5) is 5.69 Å². The SMILES string of the molecule is [C-]#[N+]C1C(C)=NC(C)=C(C(=O)Nc2ccccc2Oc2ccccc2)C1c1ccc(Cl)cc1Cl. The van der Waals surface area contributed by atoms with Crippen LogP contribution in [0.3, 0.4) is 0 Å². The van der Waals surface area contributed by atoms with Crippen molar-refractivity contribution >= 4 is 40.5 Å². The lowest BCUT2D eigenvalue weighted by Gasteiger charge is -2.27. The Kier molecular flexibility index (Phi) is 7.02. The van der Waals surface area contributed by atoms with E-state index in [-0.39, 0.29) is 5.91 Å². The zero-order valence-corrected chi connectivity index (χ0v) is 20.1. The predicted molar refractivity (Wildman–Crippen MR) is 137 cm³/mol. The summed E-state index contributed by atoms with van der Waals surface area (Å²) in [4.78, 5) is 21.9. The van der Waals surface area contributed by atoms with Gasteiger partial charge in [0.2, 0.25) is 0 Å². The minimum atomic E-state index is -0.668. The Hall–Kier alpha value is -3.59. The number of rotatable bonds is 5. The van der Waals surface area contributed by atoms with Crippen molar-refractivity contribution in [3.05, 3.63) is 111 Å². The van der Waals surface area contributed by atoms with Gasteiger partial charge in [-0.15, -0.1) is 0 Å². The maximum Gasteiger partial charge on any atom is 0.272 e. The summed E-state index contributed by atoms with van der Waals surface area (Å²) < 4.78 is 5.99. The lowest BCUT2D eigenvalue weighted by Crippen LogP contribution is -2.34. The van der Waals surface area contributed by atoms with Crippen molar-refractivity contribution in [3.63, 3.8) is 0 Å². The first-order valence-corrected chi connectivity index (χ1v) is 11.4. The molecule has 1 heterocycles. The van der Waals surface area contributed by atoms with Crippen molar-refractivity contribution in [2.24, 2.45) is 4.99 Å². The minimum absolute atomic E-state index is 0.373. The van der Waals surface area contributed by atoms with Gasteiger partial charge in [0, 0.05) is 15.7 Å². The second-order valence-electron chi connectivity index (χ2n) is 7.84. The van der Waals surface area contributed by atoms with E-state index in [4.69, 9.17) is 34.5 Å². The van der Waals surface area contributed by atoms with Gasteiger partial charge in [-0.2, -0.15) is 0 Å². The number of nitrogens with one attached hydrogen (secondary N) is 1. The van der Waals surface area contributed by atoms with Crippen LogP contribution in [0.2, 0.25) is 10.0 Å². The molecule has 2 atom stereocenters. The molecule has 3 aromatic rings. The van der Waals surface area contributed by atoms with Crippen LogP contribution in [0, 0.1) is 6.57 Å². The van der Waals surface area contributed by atoms with Crippen LogP contribution in [0.25, 0.3) is 4.85 Å². The van der Waals surface area contributed by atoms with Gasteiger partial charge in [-0.3, -0.25) is 9.79 Å². The van der Waals surface area contributed by atoms with E-state index < -0.39 is 12.0 Å². The first-order chi connectivity index (χ1) is 16.4. The highest BCUT2D eigenvalue weighted by atomic mass is 35.5. The first kappa shape index (κ1) is 23.6. The minimum Gasteiger partial charge on any atom is -0.455 e. The van der Waals surface area contributed by atoms with Gasteiger partial charge in [0.25, 0.3) is 11.9 Å². The summed E-state index contributed by atoms with van der Waals surface area (Å²) in [5.74, 6) is 0.180. The fourth-order valence-electron chi connectivity index (χ4n) is 4.03. The predicted octanol–water partition coefficient (Wildman–Crippen LogP) is 7.54. The molecule has 0 saturated heterocycles. The number of benzene rings is 3. The molecule has 34 heavy (non-hydrogen) atoms. The van der Waals surface area contributed by atoms with Crippen molar-refractivity contribution in [1.29, 1.82) is 0 Å². The van der Waals surface area contributed by atoms with Gasteiger partial charge in [0.15, 0.2) is 5.75 Å². The molecular weight excluding hydrogens is 469 g/mol. The number of carbonyl (C=O) groups excluding carboxylic acids is 1. The lowest BCUT2D eigenvalue weighted by molar-refractivity contribution is -0.113. The Labute approximate surface area is 208 Å². The van der Waals surface area contributed by atoms with Crippen LogP contribution in [0.15, 0.2) is 89.1 Å². The number of allylic oxidation sites excluding steroid dienone is 1. The maximum atomic E-state index is 13.6. The van der Waals surface area contributed by atoms with Gasteiger partial charge in [0.05, 0.1) is 22.9 Å². The number of hydrogen-bond donors (Lipinski definition) is 1. The molecule has 0 aliphatic carbocycles. The van der Waals surface area contributed by atoms with E-state index in [2.05, 4.69) is 15.2 Å². The quantitative estimate of drug-likeness (QED) is 0.376. The summed E-state index contributed by atoms with van der Waals surface area (Å²) in [6.45, 7) is 11.4. The number of para-hydroxylation sites is 3. The first-order valence-electron chi connectivity index (χ1n) is 10.6. The van der Waals surface area contributed by atoms with Crippen LogP contribution in [0.1, 0.15) is 25.3 Å². The number of amides is 1. The highest BCUT2D eigenvalue weighted by Crippen LogP contribution is 2.41. The van der Waals surface area contributed by atoms with E-state index in [1.165, 1.54) is 0 Å². The van der Waals surface area contributed by atoms with E-state index in [9.17, 15) is 4.79 Å². The van der Waals surface area contributed by atoms with Gasteiger partial charge in [-0.1, -0.05) is 59.6 Å². The smallest absolute Gasteiger partial charge is 0.272 e. The normalized spacial score (nSPS) is 17.6. The van der Waals surface area contributed by atoms with E-state index >= 15 is 0 Å². The third-order valence-corrected chi connectivity index (χ3v) is 6.14. The van der Waals surface area contributed by atoms with Crippen molar-refractivity contribution in [2.45, 2.75) is 25.8 Å². The Balaban J connectivity index is 1.73. The van der Waals surface area contributed by atoms with Crippen LogP contribution in [-0.4, -0.2) is 17.7 Å². The van der Waals surface area contributed by atoms with Crippen molar-refractivity contribution in [2.75, 3.05) is 5.32 Å². The molecule has 1 amide bonds. The van der Waals surface area contributed by atoms with Crippen LogP contribution in [0.5, 0.6) is 11.5 Å². The van der Waals surface area contributed by atoms with E-state index in [0.717, 1.165) is 0 Å². The average Bonchev–Trinajstić information content (AvgIpc) is 2.80. The molecular formula is C27H21Cl2N3O2. The summed E-state index contributed by atoms with van der Waals surface area (Å²) in [5, 5.41) is 3.83. The molecule has 2 unspecified atom stereocenters. The fraction of sp³-hybridized carbons (Fsp3) is 0.148. The number of carbonyl (C=O) groups is 1. The third-order valence-electron chi connectivity index (χ3n) is 5.58. The Morgan fingerprint density at radius 3 is 2.44 bits per heavy atom. The van der Waals surface area contributed by atoms with E-state index in [1.54, 1.807) is 44.2 Å². The second-order valence-corrected chi connectivity index (χ2v) is 8.68. The zero-order valence-electron chi connectivity index (χ0n) is 18.5. The molecule has 4 rings (SSSR count). The molecule has 5 nitrogen and oxygen atoms in total. The van der Waals surface area contributed by atoms with Gasteiger partial charge in [-0.25, -0.2) is 6.57 Å². The average molecular weight is 490 g/mol. The highest BCUT2D eigenvalue weighted by Gasteiger charge is 2.42. The standard InChI is InChI=1S/C27H21Cl2N3O2/c1-16-24(25(26(30-3)17(2)31-16)20-14-13-18(28)15-21(20)29)27(33)32-22-11-7-8-12-23(22)34-19-9-5-4-6-10-19/h4-15,25-26H,1-2H3,(H,32,33). The second kappa shape index (κ2) is 10.1. The number of halogens is 2. The Morgan fingerprint density at radius 1 is 1.03 bits per heavy atom. The largest absolute Gasteiger partial charge is 0.455 e. The molecule has 0 spiro atoms. The molecule has 0 radical (unpaired) electrons. The number of nitrogens with zero attached hydrogens (tertiary/aromatic N) is 2. The highest BCUT2D eigenvalue weighted by molar-refractivity contribution is 6.35. The Bertz CT molecular complexity index is 1340. The van der Waals surface area contributed by atoms with Crippen molar-refractivity contribution in [3.8, 4) is 11.5 Å². The van der Waals surface area contributed by atoms with Gasteiger partial charge >= 0.3 is 0 Å². The number of ether oxygens (including phenoxy) is 1. The Morgan fingerprint density at radius 2 is 1.74 bits per heavy atom. The molecule has 7 heteroatoms. The zero-order chi connectivity index (χ0) is 24.2. The molecule has 3 aromatic carbocycles. The molecule has 1 aliphatic rings. The fourth-order valence-corrected chi connectivity index (χ4v) is 4.56. The van der Waals surface area contributed by atoms with Crippen LogP contribution in [-0.2, 0) is 4.79 Å². The van der Waals surface area contributed by atoms with Crippen molar-refractivity contribution < 1.29 is 9.53 Å². The number of aliphatic imine (C=N–C) groups is 1. The lowest BCUT2D eigenvalue weighted by atomic mass is 9.80. The van der Waals surface area contributed by atoms with Crippen LogP contribution < -0.4 is 10.1 Å². The molecule has 0 saturated carbocycles.